The van der Waals surface area contributed by atoms with Gasteiger partial charge in [0.2, 0.25) is 0 Å². The van der Waals surface area contributed by atoms with E-state index in [0.717, 1.165) is 22.6 Å². The van der Waals surface area contributed by atoms with Crippen LogP contribution in [-0.2, 0) is 0 Å². The number of aromatic nitrogens is 4. The van der Waals surface area contributed by atoms with E-state index in [9.17, 15) is 8.78 Å². The molecule has 0 aliphatic rings. The van der Waals surface area contributed by atoms with Crippen molar-refractivity contribution in [2.45, 2.75) is 39.7 Å². The van der Waals surface area contributed by atoms with E-state index in [0.29, 0.717) is 12.6 Å². The molecule has 0 atom stereocenters. The van der Waals surface area contributed by atoms with Gasteiger partial charge in [0.1, 0.15) is 5.75 Å². The van der Waals surface area contributed by atoms with Gasteiger partial charge >= 0.3 is 6.11 Å². The SMILES string of the molecule is Cc1cc(OC(C)(F)F)ccc1-c1ccc2nnc(C(C)C)n2n1. The molecule has 0 saturated carbocycles. The number of fused-ring (bicyclic) bond motifs is 1. The molecule has 0 fully saturated rings. The summed E-state index contributed by atoms with van der Waals surface area (Å²) in [7, 11) is 0. The third-order valence-electron chi connectivity index (χ3n) is 3.57. The molecule has 126 valence electrons. The molecule has 0 amide bonds. The monoisotopic (exact) mass is 332 g/mol. The molecule has 24 heavy (non-hydrogen) atoms. The third-order valence-corrected chi connectivity index (χ3v) is 3.57. The molecule has 0 N–H and O–H groups in total. The summed E-state index contributed by atoms with van der Waals surface area (Å²) in [5.74, 6) is 1.08. The fourth-order valence-electron chi connectivity index (χ4n) is 2.50. The van der Waals surface area contributed by atoms with Gasteiger partial charge in [0, 0.05) is 18.4 Å². The second-order valence-electron chi connectivity index (χ2n) is 6.09. The number of aryl methyl sites for hydroxylation is 1. The maximum atomic E-state index is 13.0. The lowest BCUT2D eigenvalue weighted by Gasteiger charge is -2.14. The molecule has 0 saturated heterocycles. The van der Waals surface area contributed by atoms with Crippen LogP contribution in [0.15, 0.2) is 30.3 Å². The van der Waals surface area contributed by atoms with Gasteiger partial charge in [-0.15, -0.1) is 10.2 Å². The summed E-state index contributed by atoms with van der Waals surface area (Å²) in [6.45, 7) is 6.59. The molecular weight excluding hydrogens is 314 g/mol. The van der Waals surface area contributed by atoms with Gasteiger partial charge in [-0.3, -0.25) is 0 Å². The number of ether oxygens (including phenoxy) is 1. The van der Waals surface area contributed by atoms with Gasteiger partial charge in [-0.1, -0.05) is 13.8 Å². The van der Waals surface area contributed by atoms with Crippen LogP contribution in [0.1, 0.15) is 38.1 Å². The largest absolute Gasteiger partial charge is 0.433 e. The van der Waals surface area contributed by atoms with Gasteiger partial charge in [-0.2, -0.15) is 18.4 Å². The number of halogens is 2. The Bertz CT molecular complexity index is 884. The highest BCUT2D eigenvalue weighted by atomic mass is 19.3. The Morgan fingerprint density at radius 1 is 1.12 bits per heavy atom. The molecule has 3 rings (SSSR count). The van der Waals surface area contributed by atoms with Crippen molar-refractivity contribution in [3.05, 3.63) is 41.7 Å². The first-order valence-corrected chi connectivity index (χ1v) is 7.65. The van der Waals surface area contributed by atoms with Crippen molar-refractivity contribution in [1.82, 2.24) is 19.8 Å². The van der Waals surface area contributed by atoms with E-state index in [-0.39, 0.29) is 11.7 Å². The van der Waals surface area contributed by atoms with Crippen LogP contribution in [-0.4, -0.2) is 25.9 Å². The zero-order chi connectivity index (χ0) is 17.5. The minimum atomic E-state index is -3.21. The number of nitrogens with zero attached hydrogens (tertiary/aromatic N) is 4. The van der Waals surface area contributed by atoms with Gasteiger partial charge in [0.05, 0.1) is 5.69 Å². The van der Waals surface area contributed by atoms with E-state index in [1.54, 1.807) is 16.6 Å². The molecule has 0 aliphatic carbocycles. The predicted molar refractivity (Wildman–Crippen MR) is 86.3 cm³/mol. The fraction of sp³-hybridized carbons (Fsp3) is 0.353. The van der Waals surface area contributed by atoms with Crippen molar-refractivity contribution in [2.75, 3.05) is 0 Å². The fourth-order valence-corrected chi connectivity index (χ4v) is 2.50. The van der Waals surface area contributed by atoms with E-state index < -0.39 is 6.11 Å². The van der Waals surface area contributed by atoms with E-state index in [2.05, 4.69) is 20.0 Å². The quantitative estimate of drug-likeness (QED) is 0.718. The molecule has 3 aromatic rings. The third kappa shape index (κ3) is 3.20. The van der Waals surface area contributed by atoms with Gasteiger partial charge in [0.25, 0.3) is 0 Å². The Balaban J connectivity index is 2.02. The van der Waals surface area contributed by atoms with Crippen LogP contribution in [0.4, 0.5) is 8.78 Å². The van der Waals surface area contributed by atoms with Crippen LogP contribution >= 0.6 is 0 Å². The Kier molecular flexibility index (Phi) is 3.95. The van der Waals surface area contributed by atoms with Crippen LogP contribution < -0.4 is 4.74 Å². The average Bonchev–Trinajstić information content (AvgIpc) is 2.88. The topological polar surface area (TPSA) is 52.3 Å². The predicted octanol–water partition coefficient (Wildman–Crippen LogP) is 4.21. The molecule has 1 aromatic carbocycles. The summed E-state index contributed by atoms with van der Waals surface area (Å²) in [5, 5.41) is 12.8. The molecule has 0 bridgehead atoms. The lowest BCUT2D eigenvalue weighted by molar-refractivity contribution is -0.158. The summed E-state index contributed by atoms with van der Waals surface area (Å²) < 4.78 is 32.3. The highest BCUT2D eigenvalue weighted by Gasteiger charge is 2.23. The number of benzene rings is 1. The zero-order valence-corrected chi connectivity index (χ0v) is 13.9. The first-order valence-electron chi connectivity index (χ1n) is 7.65. The Morgan fingerprint density at radius 2 is 1.88 bits per heavy atom. The number of hydrogen-bond donors (Lipinski definition) is 0. The molecule has 0 radical (unpaired) electrons. The van der Waals surface area contributed by atoms with Crippen molar-refractivity contribution in [1.29, 1.82) is 0 Å². The standard InChI is InChI=1S/C17H18F2N4O/c1-10(2)16-21-20-15-8-7-14(22-23(15)16)13-6-5-12(9-11(13)3)24-17(4,18)19/h5-10H,1-4H3. The molecule has 0 unspecified atom stereocenters. The highest BCUT2D eigenvalue weighted by molar-refractivity contribution is 5.65. The van der Waals surface area contributed by atoms with Crippen LogP contribution in [0.2, 0.25) is 0 Å². The first kappa shape index (κ1) is 16.3. The first-order chi connectivity index (χ1) is 11.2. The summed E-state index contributed by atoms with van der Waals surface area (Å²) in [4.78, 5) is 0. The molecular formula is C17H18F2N4O. The van der Waals surface area contributed by atoms with Gasteiger partial charge in [-0.05, 0) is 42.8 Å². The van der Waals surface area contributed by atoms with E-state index in [1.165, 1.54) is 6.07 Å². The second-order valence-corrected chi connectivity index (χ2v) is 6.09. The summed E-state index contributed by atoms with van der Waals surface area (Å²) in [6.07, 6.45) is -3.21. The van der Waals surface area contributed by atoms with Crippen LogP contribution in [0.3, 0.4) is 0 Å². The van der Waals surface area contributed by atoms with Crippen molar-refractivity contribution < 1.29 is 13.5 Å². The lowest BCUT2D eigenvalue weighted by Crippen LogP contribution is -2.19. The van der Waals surface area contributed by atoms with Crippen LogP contribution in [0, 0.1) is 6.92 Å². The van der Waals surface area contributed by atoms with Crippen LogP contribution in [0.25, 0.3) is 16.9 Å². The Morgan fingerprint density at radius 3 is 2.50 bits per heavy atom. The summed E-state index contributed by atoms with van der Waals surface area (Å²) in [6, 6.07) is 8.50. The maximum Gasteiger partial charge on any atom is 0.394 e. The van der Waals surface area contributed by atoms with Crippen LogP contribution in [0.5, 0.6) is 5.75 Å². The minimum absolute atomic E-state index is 0.122. The molecule has 2 heterocycles. The summed E-state index contributed by atoms with van der Waals surface area (Å²) in [5.41, 5.74) is 3.03. The van der Waals surface area contributed by atoms with Gasteiger partial charge in [0.15, 0.2) is 11.5 Å². The van der Waals surface area contributed by atoms with Gasteiger partial charge in [-0.25, -0.2) is 0 Å². The smallest absolute Gasteiger partial charge is 0.394 e. The Labute approximate surface area is 138 Å². The molecule has 5 nitrogen and oxygen atoms in total. The van der Waals surface area contributed by atoms with Crippen molar-refractivity contribution in [3.8, 4) is 17.0 Å². The molecule has 0 aliphatic heterocycles. The Hall–Kier alpha value is -2.57. The molecule has 0 spiro atoms. The van der Waals surface area contributed by atoms with Gasteiger partial charge < -0.3 is 4.74 Å². The molecule has 2 aromatic heterocycles. The van der Waals surface area contributed by atoms with E-state index >= 15 is 0 Å². The zero-order valence-electron chi connectivity index (χ0n) is 13.9. The highest BCUT2D eigenvalue weighted by Crippen LogP contribution is 2.28. The average molecular weight is 332 g/mol. The lowest BCUT2D eigenvalue weighted by atomic mass is 10.1. The summed E-state index contributed by atoms with van der Waals surface area (Å²) >= 11 is 0. The number of hydrogen-bond acceptors (Lipinski definition) is 4. The van der Waals surface area contributed by atoms with E-state index in [1.807, 2.05) is 32.9 Å². The van der Waals surface area contributed by atoms with E-state index in [4.69, 9.17) is 0 Å². The second kappa shape index (κ2) is 5.81. The maximum absolute atomic E-state index is 13.0. The van der Waals surface area contributed by atoms with Crippen molar-refractivity contribution in [3.63, 3.8) is 0 Å². The van der Waals surface area contributed by atoms with Crippen molar-refractivity contribution >= 4 is 5.65 Å². The van der Waals surface area contributed by atoms with Crippen molar-refractivity contribution in [2.24, 2.45) is 0 Å². The normalized spacial score (nSPS) is 12.1. The molecule has 7 heteroatoms. The number of rotatable bonds is 4. The minimum Gasteiger partial charge on any atom is -0.433 e. The number of alkyl halides is 2.